The molecule has 0 saturated carbocycles. The number of aliphatic imine (C=N–C) groups is 2. The van der Waals surface area contributed by atoms with Crippen LogP contribution in [0.25, 0.3) is 0 Å². The molecule has 0 aromatic heterocycles. The lowest BCUT2D eigenvalue weighted by molar-refractivity contribution is 0.343. The van der Waals surface area contributed by atoms with Gasteiger partial charge >= 0.3 is 0 Å². The summed E-state index contributed by atoms with van der Waals surface area (Å²) in [5, 5.41) is 5.72. The van der Waals surface area contributed by atoms with Gasteiger partial charge in [0.05, 0.1) is 24.5 Å². The highest BCUT2D eigenvalue weighted by Crippen LogP contribution is 2.36. The lowest BCUT2D eigenvalue weighted by Gasteiger charge is -2.31. The van der Waals surface area contributed by atoms with Crippen LogP contribution < -0.4 is 15.8 Å². The fraction of sp³-hybridized carbons (Fsp3) is 0.385. The van der Waals surface area contributed by atoms with Crippen molar-refractivity contribution in [2.75, 3.05) is 36.5 Å². The molecule has 1 unspecified atom stereocenters. The average Bonchev–Trinajstić information content (AvgIpc) is 3.16. The first kappa shape index (κ1) is 10.4. The van der Waals surface area contributed by atoms with Gasteiger partial charge in [0.1, 0.15) is 0 Å². The number of hydrogen-bond donors (Lipinski definition) is 2. The number of nitrogens with one attached hydrogen (secondary N) is 2. The van der Waals surface area contributed by atoms with E-state index < -0.39 is 0 Å². The molecule has 0 radical (unpaired) electrons. The van der Waals surface area contributed by atoms with Gasteiger partial charge in [-0.25, -0.2) is 10.0 Å². The zero-order chi connectivity index (χ0) is 13.1. The fourth-order valence-electron chi connectivity index (χ4n) is 3.25. The van der Waals surface area contributed by atoms with E-state index in [9.17, 15) is 0 Å². The largest absolute Gasteiger partial charge is 0.345 e. The standard InChI is InChI=1S/C13H15N7/c1-2-4-10-9(3-1)16-13-19-8-6-15-12(19)18-7-5-14-11(18)17-20(10)13/h1-4,13,16H,5-8H2,(H,14,17). The highest BCUT2D eigenvalue weighted by Gasteiger charge is 2.43. The van der Waals surface area contributed by atoms with E-state index in [-0.39, 0.29) is 6.29 Å². The van der Waals surface area contributed by atoms with Crippen molar-refractivity contribution in [2.24, 2.45) is 9.98 Å². The Labute approximate surface area is 116 Å². The quantitative estimate of drug-likeness (QED) is 0.698. The molecule has 0 amide bonds. The molecular weight excluding hydrogens is 254 g/mol. The summed E-state index contributed by atoms with van der Waals surface area (Å²) >= 11 is 0. The lowest BCUT2D eigenvalue weighted by atomic mass is 10.3. The minimum absolute atomic E-state index is 0.0574. The van der Waals surface area contributed by atoms with Gasteiger partial charge < -0.3 is 10.2 Å². The molecule has 1 aromatic rings. The molecule has 2 N–H and O–H groups in total. The van der Waals surface area contributed by atoms with Gasteiger partial charge in [-0.3, -0.25) is 15.3 Å². The van der Waals surface area contributed by atoms with Gasteiger partial charge in [-0.05, 0) is 12.1 Å². The summed E-state index contributed by atoms with van der Waals surface area (Å²) in [6, 6.07) is 8.33. The molecule has 20 heavy (non-hydrogen) atoms. The van der Waals surface area contributed by atoms with Gasteiger partial charge in [0.2, 0.25) is 11.9 Å². The first-order chi connectivity index (χ1) is 9.92. The topological polar surface area (TPSA) is 58.5 Å². The van der Waals surface area contributed by atoms with E-state index >= 15 is 0 Å². The molecular formula is C13H15N7. The monoisotopic (exact) mass is 269 g/mol. The molecule has 4 aliphatic rings. The highest BCUT2D eigenvalue weighted by atomic mass is 15.7. The molecule has 4 aliphatic heterocycles. The second-order valence-electron chi connectivity index (χ2n) is 5.25. The van der Waals surface area contributed by atoms with Crippen molar-refractivity contribution in [3.8, 4) is 0 Å². The first-order valence-corrected chi connectivity index (χ1v) is 6.96. The van der Waals surface area contributed by atoms with Crippen LogP contribution in [0.3, 0.4) is 0 Å². The molecule has 0 spiro atoms. The van der Waals surface area contributed by atoms with E-state index in [0.717, 1.165) is 49.5 Å². The Bertz CT molecular complexity index is 637. The molecule has 7 nitrogen and oxygen atoms in total. The first-order valence-electron chi connectivity index (χ1n) is 6.96. The Morgan fingerprint density at radius 2 is 2.00 bits per heavy atom. The third kappa shape index (κ3) is 1.19. The summed E-state index contributed by atoms with van der Waals surface area (Å²) in [5.41, 5.74) is 5.74. The van der Waals surface area contributed by atoms with Crippen molar-refractivity contribution >= 4 is 23.3 Å². The van der Waals surface area contributed by atoms with E-state index in [0.29, 0.717) is 0 Å². The molecule has 5 rings (SSSR count). The maximum absolute atomic E-state index is 4.66. The number of fused-ring (bicyclic) bond motifs is 7. The van der Waals surface area contributed by atoms with Crippen LogP contribution in [0.5, 0.6) is 0 Å². The SMILES string of the molecule is c1ccc2c(c1)NC1N3CCN=C3N3CCN=C3NN21. The maximum atomic E-state index is 4.66. The van der Waals surface area contributed by atoms with Crippen molar-refractivity contribution in [3.05, 3.63) is 24.3 Å². The summed E-state index contributed by atoms with van der Waals surface area (Å²) in [4.78, 5) is 13.7. The van der Waals surface area contributed by atoms with Crippen LogP contribution in [0.4, 0.5) is 11.4 Å². The Morgan fingerprint density at radius 3 is 3.00 bits per heavy atom. The molecule has 1 fully saturated rings. The smallest absolute Gasteiger partial charge is 0.220 e. The second-order valence-corrected chi connectivity index (χ2v) is 5.25. The minimum atomic E-state index is 0.0574. The average molecular weight is 269 g/mol. The zero-order valence-electron chi connectivity index (χ0n) is 11.0. The summed E-state index contributed by atoms with van der Waals surface area (Å²) in [6.07, 6.45) is 0.0574. The number of rotatable bonds is 0. The Hall–Kier alpha value is -2.44. The molecule has 7 heteroatoms. The number of hydrazine groups is 1. The van der Waals surface area contributed by atoms with Gasteiger partial charge in [0.15, 0.2) is 6.29 Å². The molecule has 0 aliphatic carbocycles. The number of nitrogens with zero attached hydrogens (tertiary/aromatic N) is 5. The maximum Gasteiger partial charge on any atom is 0.220 e. The van der Waals surface area contributed by atoms with E-state index in [1.807, 2.05) is 0 Å². The summed E-state index contributed by atoms with van der Waals surface area (Å²) in [6.45, 7) is 3.51. The van der Waals surface area contributed by atoms with Gasteiger partial charge in [-0.15, -0.1) is 0 Å². The number of para-hydroxylation sites is 2. The van der Waals surface area contributed by atoms with Crippen molar-refractivity contribution in [1.29, 1.82) is 0 Å². The van der Waals surface area contributed by atoms with Crippen molar-refractivity contribution in [1.82, 2.24) is 15.2 Å². The number of benzene rings is 1. The Balaban J connectivity index is 1.64. The third-order valence-electron chi connectivity index (χ3n) is 4.14. The van der Waals surface area contributed by atoms with Gasteiger partial charge in [0.25, 0.3) is 0 Å². The minimum Gasteiger partial charge on any atom is -0.345 e. The molecule has 1 atom stereocenters. The van der Waals surface area contributed by atoms with E-state index in [2.05, 4.69) is 59.8 Å². The van der Waals surface area contributed by atoms with Crippen molar-refractivity contribution < 1.29 is 0 Å². The van der Waals surface area contributed by atoms with Crippen LogP contribution in [0.1, 0.15) is 0 Å². The van der Waals surface area contributed by atoms with E-state index in [4.69, 9.17) is 0 Å². The van der Waals surface area contributed by atoms with E-state index in [1.165, 1.54) is 0 Å². The zero-order valence-corrected chi connectivity index (χ0v) is 11.0. The van der Waals surface area contributed by atoms with Gasteiger partial charge in [0, 0.05) is 13.1 Å². The molecule has 4 heterocycles. The van der Waals surface area contributed by atoms with Gasteiger partial charge in [-0.2, -0.15) is 0 Å². The van der Waals surface area contributed by atoms with Crippen LogP contribution in [-0.2, 0) is 0 Å². The summed E-state index contributed by atoms with van der Waals surface area (Å²) < 4.78 is 0. The molecule has 0 bridgehead atoms. The Kier molecular flexibility index (Phi) is 1.84. The number of anilines is 2. The van der Waals surface area contributed by atoms with Crippen LogP contribution >= 0.6 is 0 Å². The van der Waals surface area contributed by atoms with Crippen LogP contribution in [-0.4, -0.2) is 54.2 Å². The van der Waals surface area contributed by atoms with Gasteiger partial charge in [-0.1, -0.05) is 12.1 Å². The predicted octanol–water partition coefficient (Wildman–Crippen LogP) is 0.0635. The van der Waals surface area contributed by atoms with E-state index in [1.54, 1.807) is 0 Å². The normalized spacial score (nSPS) is 25.8. The Morgan fingerprint density at radius 1 is 1.10 bits per heavy atom. The van der Waals surface area contributed by atoms with Crippen molar-refractivity contribution in [3.63, 3.8) is 0 Å². The third-order valence-corrected chi connectivity index (χ3v) is 4.14. The summed E-state index contributed by atoms with van der Waals surface area (Å²) in [7, 11) is 0. The molecule has 1 saturated heterocycles. The van der Waals surface area contributed by atoms with Crippen molar-refractivity contribution in [2.45, 2.75) is 6.29 Å². The highest BCUT2D eigenvalue weighted by molar-refractivity contribution is 6.03. The van der Waals surface area contributed by atoms with Crippen LogP contribution in [0, 0.1) is 0 Å². The lowest BCUT2D eigenvalue weighted by Crippen LogP contribution is -2.54. The fourth-order valence-corrected chi connectivity index (χ4v) is 3.25. The van der Waals surface area contributed by atoms with Crippen LogP contribution in [0.2, 0.25) is 0 Å². The molecule has 102 valence electrons. The number of guanidine groups is 2. The van der Waals surface area contributed by atoms with Crippen LogP contribution in [0.15, 0.2) is 34.3 Å². The number of hydrogen-bond acceptors (Lipinski definition) is 7. The summed E-state index contributed by atoms with van der Waals surface area (Å²) in [5.74, 6) is 1.93. The molecule has 1 aromatic carbocycles. The second kappa shape index (κ2) is 3.56. The predicted molar refractivity (Wildman–Crippen MR) is 77.5 cm³/mol.